The van der Waals surface area contributed by atoms with E-state index in [2.05, 4.69) is 4.98 Å². The second-order valence-electron chi connectivity index (χ2n) is 4.38. The molecular weight excluding hydrogens is 256 g/mol. The van der Waals surface area contributed by atoms with Gasteiger partial charge in [0.2, 0.25) is 11.8 Å². The lowest BCUT2D eigenvalue weighted by molar-refractivity contribution is -0.123. The van der Waals surface area contributed by atoms with Crippen molar-refractivity contribution in [2.24, 2.45) is 5.73 Å². The van der Waals surface area contributed by atoms with Gasteiger partial charge in [-0.1, -0.05) is 13.8 Å². The average Bonchev–Trinajstić information content (AvgIpc) is 2.42. The Morgan fingerprint density at radius 3 is 2.55 bits per heavy atom. The minimum atomic E-state index is -0.409. The second-order valence-corrected chi connectivity index (χ2v) is 4.38. The van der Waals surface area contributed by atoms with Crippen LogP contribution in [0.2, 0.25) is 0 Å². The first-order valence-electron chi connectivity index (χ1n) is 6.80. The van der Waals surface area contributed by atoms with Crippen molar-refractivity contribution >= 4 is 17.5 Å². The van der Waals surface area contributed by atoms with E-state index in [4.69, 9.17) is 5.73 Å². The number of nitrogens with zero attached hydrogens (tertiary/aromatic N) is 3. The maximum absolute atomic E-state index is 12.0. The second kappa shape index (κ2) is 7.59. The molecule has 20 heavy (non-hydrogen) atoms. The van der Waals surface area contributed by atoms with Crippen molar-refractivity contribution in [3.8, 4) is 0 Å². The fourth-order valence-electron chi connectivity index (χ4n) is 1.97. The summed E-state index contributed by atoms with van der Waals surface area (Å²) < 4.78 is 0. The molecule has 1 aromatic rings. The molecule has 1 aromatic heterocycles. The summed E-state index contributed by atoms with van der Waals surface area (Å²) >= 11 is 0. The van der Waals surface area contributed by atoms with Crippen molar-refractivity contribution in [3.63, 3.8) is 0 Å². The molecule has 110 valence electrons. The van der Waals surface area contributed by atoms with E-state index < -0.39 is 5.91 Å². The van der Waals surface area contributed by atoms with Crippen LogP contribution < -0.4 is 10.6 Å². The number of anilines is 1. The molecule has 6 nitrogen and oxygen atoms in total. The molecular formula is C14H22N4O2. The van der Waals surface area contributed by atoms with Gasteiger partial charge in [-0.05, 0) is 19.1 Å². The van der Waals surface area contributed by atoms with Crippen LogP contribution >= 0.6 is 0 Å². The number of carbonyl (C=O) groups is 2. The summed E-state index contributed by atoms with van der Waals surface area (Å²) in [6.07, 6.45) is 1.69. The third-order valence-electron chi connectivity index (χ3n) is 2.89. The molecule has 0 saturated carbocycles. The fourth-order valence-corrected chi connectivity index (χ4v) is 1.97. The van der Waals surface area contributed by atoms with Gasteiger partial charge in [-0.25, -0.2) is 0 Å². The van der Waals surface area contributed by atoms with Crippen molar-refractivity contribution in [1.82, 2.24) is 9.88 Å². The minimum Gasteiger partial charge on any atom is -0.369 e. The third-order valence-corrected chi connectivity index (χ3v) is 2.89. The molecule has 0 spiro atoms. The van der Waals surface area contributed by atoms with Crippen LogP contribution in [0.1, 0.15) is 19.5 Å². The van der Waals surface area contributed by atoms with Gasteiger partial charge in [0.05, 0.1) is 25.0 Å². The Morgan fingerprint density at radius 1 is 1.35 bits per heavy atom. The zero-order valence-electron chi connectivity index (χ0n) is 12.3. The summed E-state index contributed by atoms with van der Waals surface area (Å²) in [5.41, 5.74) is 6.83. The van der Waals surface area contributed by atoms with Crippen LogP contribution in [-0.2, 0) is 9.59 Å². The van der Waals surface area contributed by atoms with Crippen molar-refractivity contribution in [1.29, 1.82) is 0 Å². The van der Waals surface area contributed by atoms with E-state index in [9.17, 15) is 9.59 Å². The van der Waals surface area contributed by atoms with Crippen molar-refractivity contribution in [2.75, 3.05) is 31.1 Å². The van der Waals surface area contributed by atoms with E-state index in [0.29, 0.717) is 13.1 Å². The molecule has 2 N–H and O–H groups in total. The number of primary amides is 1. The van der Waals surface area contributed by atoms with Crippen LogP contribution in [-0.4, -0.2) is 47.9 Å². The summed E-state index contributed by atoms with van der Waals surface area (Å²) in [7, 11) is 0. The molecule has 1 aliphatic rings. The van der Waals surface area contributed by atoms with Crippen molar-refractivity contribution in [2.45, 2.75) is 20.8 Å². The normalized spacial score (nSPS) is 15.6. The Bertz CT molecular complexity index is 459. The fraction of sp³-hybridized carbons (Fsp3) is 0.500. The highest BCUT2D eigenvalue weighted by Crippen LogP contribution is 2.16. The summed E-state index contributed by atoms with van der Waals surface area (Å²) in [5.74, 6) is -0.443. The van der Waals surface area contributed by atoms with Gasteiger partial charge in [0.25, 0.3) is 0 Å². The molecule has 2 rings (SSSR count). The monoisotopic (exact) mass is 278 g/mol. The van der Waals surface area contributed by atoms with Crippen LogP contribution in [0.15, 0.2) is 18.3 Å². The molecule has 0 atom stereocenters. The lowest BCUT2D eigenvalue weighted by Gasteiger charge is -2.33. The highest BCUT2D eigenvalue weighted by molar-refractivity contribution is 5.95. The zero-order chi connectivity index (χ0) is 15.1. The van der Waals surface area contributed by atoms with Gasteiger partial charge < -0.3 is 10.6 Å². The first-order chi connectivity index (χ1) is 9.56. The number of hydrogen-bond acceptors (Lipinski definition) is 4. The largest absolute Gasteiger partial charge is 0.369 e. The number of pyridine rings is 1. The molecule has 1 aliphatic heterocycles. The highest BCUT2D eigenvalue weighted by atomic mass is 16.2. The van der Waals surface area contributed by atoms with Crippen LogP contribution in [0.4, 0.5) is 5.69 Å². The molecule has 0 aromatic carbocycles. The summed E-state index contributed by atoms with van der Waals surface area (Å²) in [5, 5.41) is 0. The Kier molecular flexibility index (Phi) is 6.11. The van der Waals surface area contributed by atoms with E-state index in [1.54, 1.807) is 16.0 Å². The van der Waals surface area contributed by atoms with Crippen LogP contribution in [0, 0.1) is 6.92 Å². The van der Waals surface area contributed by atoms with Crippen molar-refractivity contribution in [3.05, 3.63) is 24.0 Å². The summed E-state index contributed by atoms with van der Waals surface area (Å²) in [6, 6.07) is 3.75. The smallest absolute Gasteiger partial charge is 0.241 e. The molecule has 6 heteroatoms. The highest BCUT2D eigenvalue weighted by Gasteiger charge is 2.25. The van der Waals surface area contributed by atoms with Gasteiger partial charge in [0, 0.05) is 18.8 Å². The number of hydrogen-bond donors (Lipinski definition) is 1. The predicted molar refractivity (Wildman–Crippen MR) is 78.3 cm³/mol. The molecule has 1 fully saturated rings. The van der Waals surface area contributed by atoms with E-state index in [1.807, 2.05) is 32.9 Å². The molecule has 2 amide bonds. The first-order valence-corrected chi connectivity index (χ1v) is 6.80. The molecule has 2 heterocycles. The lowest BCUT2D eigenvalue weighted by Crippen LogP contribution is -2.52. The van der Waals surface area contributed by atoms with Gasteiger partial charge in [0.15, 0.2) is 0 Å². The molecule has 0 radical (unpaired) electrons. The zero-order valence-corrected chi connectivity index (χ0v) is 12.3. The molecule has 0 aliphatic carbocycles. The van der Waals surface area contributed by atoms with E-state index in [-0.39, 0.29) is 19.0 Å². The number of aromatic nitrogens is 1. The SMILES string of the molecule is CC.Cc1ccc(N2CCN(CC(N)=O)CC2=O)cn1. The Labute approximate surface area is 119 Å². The van der Waals surface area contributed by atoms with E-state index >= 15 is 0 Å². The number of carbonyl (C=O) groups excluding carboxylic acids is 2. The average molecular weight is 278 g/mol. The third kappa shape index (κ3) is 4.31. The van der Waals surface area contributed by atoms with E-state index in [1.165, 1.54) is 0 Å². The van der Waals surface area contributed by atoms with Crippen LogP contribution in [0.25, 0.3) is 0 Å². The van der Waals surface area contributed by atoms with Crippen LogP contribution in [0.3, 0.4) is 0 Å². The maximum atomic E-state index is 12.0. The summed E-state index contributed by atoms with van der Waals surface area (Å²) in [4.78, 5) is 30.4. The topological polar surface area (TPSA) is 79.5 Å². The molecule has 1 saturated heterocycles. The van der Waals surface area contributed by atoms with Gasteiger partial charge in [-0.2, -0.15) is 0 Å². The number of amides is 2. The quantitative estimate of drug-likeness (QED) is 0.875. The predicted octanol–water partition coefficient (Wildman–Crippen LogP) is 0.550. The standard InChI is InChI=1S/C12H16N4O2.C2H6/c1-9-2-3-10(6-14-9)16-5-4-15(7-11(13)17)8-12(16)18;1-2/h2-3,6H,4-5,7-8H2,1H3,(H2,13,17);1-2H3. The van der Waals surface area contributed by atoms with Gasteiger partial charge in [-0.3, -0.25) is 19.5 Å². The van der Waals surface area contributed by atoms with Crippen LogP contribution in [0.5, 0.6) is 0 Å². The number of piperazine rings is 1. The van der Waals surface area contributed by atoms with Crippen molar-refractivity contribution < 1.29 is 9.59 Å². The van der Waals surface area contributed by atoms with Gasteiger partial charge in [-0.15, -0.1) is 0 Å². The van der Waals surface area contributed by atoms with Gasteiger partial charge >= 0.3 is 0 Å². The Morgan fingerprint density at radius 2 is 2.05 bits per heavy atom. The maximum Gasteiger partial charge on any atom is 0.241 e. The molecule has 0 bridgehead atoms. The Balaban J connectivity index is 0.000000956. The number of aryl methyl sites for hydroxylation is 1. The lowest BCUT2D eigenvalue weighted by atomic mass is 10.2. The van der Waals surface area contributed by atoms with E-state index in [0.717, 1.165) is 11.4 Å². The summed E-state index contributed by atoms with van der Waals surface area (Å²) in [6.45, 7) is 7.44. The minimum absolute atomic E-state index is 0.0341. The Hall–Kier alpha value is -1.95. The first kappa shape index (κ1) is 16.1. The number of nitrogens with two attached hydrogens (primary N) is 1. The molecule has 0 unspecified atom stereocenters. The number of rotatable bonds is 3. The van der Waals surface area contributed by atoms with Gasteiger partial charge in [0.1, 0.15) is 0 Å².